The summed E-state index contributed by atoms with van der Waals surface area (Å²) < 4.78 is 6.03. The monoisotopic (exact) mass is 543 g/mol. The van der Waals surface area contributed by atoms with Gasteiger partial charge in [0.15, 0.2) is 5.96 Å². The maximum absolute atomic E-state index is 12.1. The second-order valence-electron chi connectivity index (χ2n) is 7.24. The Morgan fingerprint density at radius 1 is 1.23 bits per heavy atom. The summed E-state index contributed by atoms with van der Waals surface area (Å²) in [5.74, 6) is 2.25. The maximum atomic E-state index is 12.1. The number of rotatable bonds is 9. The molecule has 164 valence electrons. The summed E-state index contributed by atoms with van der Waals surface area (Å²) in [5, 5.41) is 9.42. The van der Waals surface area contributed by atoms with Crippen LogP contribution < -0.4 is 20.7 Å². The number of halogens is 1. The fourth-order valence-corrected chi connectivity index (χ4v) is 3.51. The third kappa shape index (κ3) is 7.42. The van der Waals surface area contributed by atoms with E-state index in [1.165, 1.54) is 29.7 Å². The highest BCUT2D eigenvalue weighted by Crippen LogP contribution is 2.30. The summed E-state index contributed by atoms with van der Waals surface area (Å²) >= 11 is 1.35. The molecule has 1 amide bonds. The molecule has 0 spiro atoms. The molecule has 0 radical (unpaired) electrons. The number of carbonyl (C=O) groups is 1. The van der Waals surface area contributed by atoms with Gasteiger partial charge in [-0.1, -0.05) is 12.1 Å². The number of aliphatic imine (C=N–C) groups is 1. The molecule has 0 aliphatic heterocycles. The summed E-state index contributed by atoms with van der Waals surface area (Å²) in [6.45, 7) is 6.39. The number of nitrogens with zero attached hydrogens (tertiary/aromatic N) is 2. The van der Waals surface area contributed by atoms with Crippen molar-refractivity contribution >= 4 is 47.2 Å². The lowest BCUT2D eigenvalue weighted by molar-refractivity contribution is 0.0957. The van der Waals surface area contributed by atoms with Gasteiger partial charge in [0.25, 0.3) is 5.91 Å². The summed E-state index contributed by atoms with van der Waals surface area (Å²) in [6, 6.07) is 6.27. The van der Waals surface area contributed by atoms with Gasteiger partial charge in [-0.15, -0.1) is 35.3 Å². The molecule has 2 aromatic rings. The predicted molar refractivity (Wildman–Crippen MR) is 132 cm³/mol. The number of benzene rings is 1. The molecule has 0 saturated heterocycles. The van der Waals surface area contributed by atoms with E-state index in [1.54, 1.807) is 12.6 Å². The Kier molecular flexibility index (Phi) is 9.83. The van der Waals surface area contributed by atoms with E-state index in [9.17, 15) is 4.79 Å². The minimum atomic E-state index is -0.0909. The number of hydrogen-bond donors (Lipinski definition) is 3. The number of aromatic nitrogens is 1. The second-order valence-corrected chi connectivity index (χ2v) is 8.10. The largest absolute Gasteiger partial charge is 0.493 e. The number of thiazole rings is 1. The van der Waals surface area contributed by atoms with E-state index in [4.69, 9.17) is 4.74 Å². The number of amides is 1. The summed E-state index contributed by atoms with van der Waals surface area (Å²) in [6.07, 6.45) is 2.55. The molecule has 0 unspecified atom stereocenters. The van der Waals surface area contributed by atoms with Crippen LogP contribution in [-0.2, 0) is 6.54 Å². The van der Waals surface area contributed by atoms with E-state index >= 15 is 0 Å². The van der Waals surface area contributed by atoms with Gasteiger partial charge in [0.1, 0.15) is 10.6 Å². The molecule has 0 bridgehead atoms. The number of aryl methyl sites for hydroxylation is 2. The molecular weight excluding hydrogens is 513 g/mol. The highest BCUT2D eigenvalue weighted by molar-refractivity contribution is 14.0. The van der Waals surface area contributed by atoms with Crippen LogP contribution in [-0.4, -0.2) is 43.6 Å². The van der Waals surface area contributed by atoms with Crippen LogP contribution in [0.1, 0.15) is 39.3 Å². The van der Waals surface area contributed by atoms with Gasteiger partial charge >= 0.3 is 0 Å². The van der Waals surface area contributed by atoms with Crippen molar-refractivity contribution in [3.63, 3.8) is 0 Å². The van der Waals surface area contributed by atoms with Crippen LogP contribution in [0.25, 0.3) is 0 Å². The summed E-state index contributed by atoms with van der Waals surface area (Å²) in [5.41, 5.74) is 4.74. The Hall–Kier alpha value is -1.88. The van der Waals surface area contributed by atoms with Gasteiger partial charge in [0.05, 0.1) is 17.8 Å². The fraction of sp³-hybridized carbons (Fsp3) is 0.476. The molecule has 1 heterocycles. The molecule has 9 heteroatoms. The van der Waals surface area contributed by atoms with Gasteiger partial charge in [0.2, 0.25) is 0 Å². The number of ether oxygens (including phenoxy) is 1. The molecule has 1 aromatic carbocycles. The topological polar surface area (TPSA) is 87.6 Å². The second kappa shape index (κ2) is 12.1. The van der Waals surface area contributed by atoms with E-state index in [0.717, 1.165) is 29.5 Å². The van der Waals surface area contributed by atoms with Gasteiger partial charge in [-0.2, -0.15) is 0 Å². The Bertz CT molecular complexity index is 867. The average Bonchev–Trinajstić information content (AvgIpc) is 3.45. The van der Waals surface area contributed by atoms with Crippen molar-refractivity contribution in [1.82, 2.24) is 20.9 Å². The Morgan fingerprint density at radius 2 is 2.00 bits per heavy atom. The van der Waals surface area contributed by atoms with E-state index in [-0.39, 0.29) is 29.9 Å². The lowest BCUT2D eigenvalue weighted by atomic mass is 10.1. The van der Waals surface area contributed by atoms with Crippen LogP contribution >= 0.6 is 35.3 Å². The van der Waals surface area contributed by atoms with Gasteiger partial charge in [-0.05, 0) is 44.2 Å². The minimum absolute atomic E-state index is 0. The van der Waals surface area contributed by atoms with Crippen LogP contribution in [0.2, 0.25) is 0 Å². The minimum Gasteiger partial charge on any atom is -0.493 e. The number of carbonyl (C=O) groups excluding carboxylic acids is 1. The molecular formula is C21H30IN5O2S. The average molecular weight is 543 g/mol. The van der Waals surface area contributed by atoms with Crippen molar-refractivity contribution in [2.24, 2.45) is 10.9 Å². The lowest BCUT2D eigenvalue weighted by Gasteiger charge is -2.15. The van der Waals surface area contributed by atoms with Crippen LogP contribution in [0, 0.1) is 19.8 Å². The van der Waals surface area contributed by atoms with E-state index in [0.29, 0.717) is 30.5 Å². The van der Waals surface area contributed by atoms with Gasteiger partial charge < -0.3 is 20.7 Å². The number of guanidine groups is 1. The van der Waals surface area contributed by atoms with Crippen LogP contribution in [0.5, 0.6) is 5.75 Å². The van der Waals surface area contributed by atoms with Crippen LogP contribution in [0.3, 0.4) is 0 Å². The highest BCUT2D eigenvalue weighted by Gasteiger charge is 2.22. The SMILES string of the molecule is CN=C(NCCNC(=O)c1scnc1C)NCc1ccc(C)cc1OCC1CC1.I. The normalized spacial score (nSPS) is 13.4. The van der Waals surface area contributed by atoms with Crippen molar-refractivity contribution < 1.29 is 9.53 Å². The molecule has 1 aliphatic rings. The van der Waals surface area contributed by atoms with E-state index < -0.39 is 0 Å². The zero-order valence-corrected chi connectivity index (χ0v) is 20.8. The molecule has 3 N–H and O–H groups in total. The molecule has 3 rings (SSSR count). The van der Waals surface area contributed by atoms with Gasteiger partial charge in [-0.25, -0.2) is 4.98 Å². The first-order valence-corrected chi connectivity index (χ1v) is 10.8. The Labute approximate surface area is 199 Å². The van der Waals surface area contributed by atoms with Crippen molar-refractivity contribution in [1.29, 1.82) is 0 Å². The molecule has 1 aliphatic carbocycles. The van der Waals surface area contributed by atoms with Crippen LogP contribution in [0.4, 0.5) is 0 Å². The third-order valence-corrected chi connectivity index (χ3v) is 5.65. The Balaban J connectivity index is 0.00000320. The first-order chi connectivity index (χ1) is 14.1. The molecule has 30 heavy (non-hydrogen) atoms. The van der Waals surface area contributed by atoms with Crippen molar-refractivity contribution in [2.75, 3.05) is 26.7 Å². The van der Waals surface area contributed by atoms with Crippen molar-refractivity contribution in [3.8, 4) is 5.75 Å². The van der Waals surface area contributed by atoms with Crippen LogP contribution in [0.15, 0.2) is 28.7 Å². The van der Waals surface area contributed by atoms with E-state index in [2.05, 4.69) is 51.0 Å². The van der Waals surface area contributed by atoms with Gasteiger partial charge in [-0.3, -0.25) is 9.79 Å². The first-order valence-electron chi connectivity index (χ1n) is 9.92. The summed E-state index contributed by atoms with van der Waals surface area (Å²) in [4.78, 5) is 21.1. The zero-order chi connectivity index (χ0) is 20.6. The lowest BCUT2D eigenvalue weighted by Crippen LogP contribution is -2.41. The summed E-state index contributed by atoms with van der Waals surface area (Å²) in [7, 11) is 1.73. The number of hydrogen-bond acceptors (Lipinski definition) is 5. The number of nitrogens with one attached hydrogen (secondary N) is 3. The predicted octanol–water partition coefficient (Wildman–Crippen LogP) is 3.26. The molecule has 1 saturated carbocycles. The molecule has 1 fully saturated rings. The third-order valence-electron chi connectivity index (χ3n) is 4.72. The highest BCUT2D eigenvalue weighted by atomic mass is 127. The van der Waals surface area contributed by atoms with E-state index in [1.807, 2.05) is 6.92 Å². The standard InChI is InChI=1S/C21H29N5O2S.HI/c1-14-4-7-17(18(10-14)28-12-16-5-6-16)11-25-21(22-3)24-9-8-23-20(27)19-15(2)26-13-29-19;/h4,7,10,13,16H,5-6,8-9,11-12H2,1-3H3,(H,23,27)(H2,22,24,25);1H. The molecule has 7 nitrogen and oxygen atoms in total. The quantitative estimate of drug-likeness (QED) is 0.196. The van der Waals surface area contributed by atoms with Crippen molar-refractivity contribution in [3.05, 3.63) is 45.4 Å². The zero-order valence-electron chi connectivity index (χ0n) is 17.7. The first kappa shape index (κ1) is 24.4. The molecule has 0 atom stereocenters. The smallest absolute Gasteiger partial charge is 0.263 e. The fourth-order valence-electron chi connectivity index (χ4n) is 2.79. The molecule has 1 aromatic heterocycles. The van der Waals surface area contributed by atoms with Crippen molar-refractivity contribution in [2.45, 2.75) is 33.2 Å². The maximum Gasteiger partial charge on any atom is 0.263 e. The van der Waals surface area contributed by atoms with Gasteiger partial charge in [0, 0.05) is 32.2 Å². The Morgan fingerprint density at radius 3 is 2.67 bits per heavy atom.